The molecule has 0 saturated carbocycles. The average Bonchev–Trinajstić information content (AvgIpc) is 2.41. The molecule has 0 radical (unpaired) electrons. The minimum atomic E-state index is -0.108. The zero-order valence-electron chi connectivity index (χ0n) is 11.3. The van der Waals surface area contributed by atoms with Gasteiger partial charge in [-0.05, 0) is 38.3 Å². The van der Waals surface area contributed by atoms with Crippen molar-refractivity contribution < 1.29 is 19.0 Å². The average molecular weight is 259 g/mol. The fraction of sp³-hybridized carbons (Fsp3) is 0.923. The fourth-order valence-corrected chi connectivity index (χ4v) is 2.02. The molecule has 1 saturated heterocycles. The van der Waals surface area contributed by atoms with Gasteiger partial charge in [0.2, 0.25) is 0 Å². The van der Waals surface area contributed by atoms with Gasteiger partial charge in [-0.2, -0.15) is 0 Å². The van der Waals surface area contributed by atoms with E-state index in [1.54, 1.807) is 7.11 Å². The van der Waals surface area contributed by atoms with E-state index in [2.05, 4.69) is 5.32 Å². The van der Waals surface area contributed by atoms with Gasteiger partial charge >= 0.3 is 5.97 Å². The van der Waals surface area contributed by atoms with Gasteiger partial charge in [0.05, 0.1) is 19.8 Å². The highest BCUT2D eigenvalue weighted by molar-refractivity contribution is 5.69. The van der Waals surface area contributed by atoms with E-state index in [1.165, 1.54) is 12.8 Å². The van der Waals surface area contributed by atoms with Crippen LogP contribution in [0.25, 0.3) is 0 Å². The van der Waals surface area contributed by atoms with Crippen LogP contribution in [0.5, 0.6) is 0 Å². The largest absolute Gasteiger partial charge is 0.463 e. The first-order chi connectivity index (χ1) is 8.83. The summed E-state index contributed by atoms with van der Waals surface area (Å²) in [6.07, 6.45) is 3.83. The number of nitrogens with one attached hydrogen (secondary N) is 1. The monoisotopic (exact) mass is 259 g/mol. The molecule has 0 amide bonds. The summed E-state index contributed by atoms with van der Waals surface area (Å²) in [4.78, 5) is 11.5. The standard InChI is InChI=1S/C13H25NO4/c1-16-8-9-17-10-11-18-13(15)3-2-12-4-6-14-7-5-12/h12,14H,2-11H2,1H3. The zero-order chi connectivity index (χ0) is 13.1. The van der Waals surface area contributed by atoms with Crippen LogP contribution in [0.4, 0.5) is 0 Å². The van der Waals surface area contributed by atoms with E-state index >= 15 is 0 Å². The summed E-state index contributed by atoms with van der Waals surface area (Å²) in [6.45, 7) is 4.06. The molecule has 1 N–H and O–H groups in total. The molecule has 1 heterocycles. The summed E-state index contributed by atoms with van der Waals surface area (Å²) in [7, 11) is 1.63. The van der Waals surface area contributed by atoms with Crippen molar-refractivity contribution in [2.45, 2.75) is 25.7 Å². The predicted octanol–water partition coefficient (Wildman–Crippen LogP) is 0.972. The van der Waals surface area contributed by atoms with E-state index in [0.717, 1.165) is 19.5 Å². The van der Waals surface area contributed by atoms with Gasteiger partial charge in [0.15, 0.2) is 0 Å². The Morgan fingerprint density at radius 1 is 1.17 bits per heavy atom. The quantitative estimate of drug-likeness (QED) is 0.494. The Morgan fingerprint density at radius 2 is 1.89 bits per heavy atom. The molecule has 1 fully saturated rings. The first-order valence-corrected chi connectivity index (χ1v) is 6.76. The summed E-state index contributed by atoms with van der Waals surface area (Å²) >= 11 is 0. The van der Waals surface area contributed by atoms with Crippen LogP contribution in [-0.2, 0) is 19.0 Å². The molecule has 0 aliphatic carbocycles. The number of esters is 1. The Kier molecular flexibility index (Phi) is 8.81. The first-order valence-electron chi connectivity index (χ1n) is 6.76. The Bertz CT molecular complexity index is 217. The van der Waals surface area contributed by atoms with Crippen molar-refractivity contribution in [3.05, 3.63) is 0 Å². The number of hydrogen-bond acceptors (Lipinski definition) is 5. The van der Waals surface area contributed by atoms with E-state index in [-0.39, 0.29) is 5.97 Å². The number of ether oxygens (including phenoxy) is 3. The maximum absolute atomic E-state index is 11.5. The summed E-state index contributed by atoms with van der Waals surface area (Å²) < 4.78 is 15.1. The normalized spacial score (nSPS) is 16.7. The second-order valence-corrected chi connectivity index (χ2v) is 4.56. The lowest BCUT2D eigenvalue weighted by molar-refractivity contribution is -0.145. The number of carbonyl (C=O) groups is 1. The van der Waals surface area contributed by atoms with Gasteiger partial charge in [-0.1, -0.05) is 0 Å². The van der Waals surface area contributed by atoms with Crippen LogP contribution >= 0.6 is 0 Å². The summed E-state index contributed by atoms with van der Waals surface area (Å²) in [6, 6.07) is 0. The molecule has 1 rings (SSSR count). The van der Waals surface area contributed by atoms with E-state index in [0.29, 0.717) is 38.8 Å². The molecule has 0 atom stereocenters. The molecule has 0 spiro atoms. The van der Waals surface area contributed by atoms with E-state index in [9.17, 15) is 4.79 Å². The fourth-order valence-electron chi connectivity index (χ4n) is 2.02. The molecule has 0 bridgehead atoms. The second-order valence-electron chi connectivity index (χ2n) is 4.56. The molecule has 106 valence electrons. The first kappa shape index (κ1) is 15.4. The molecule has 0 aromatic carbocycles. The number of hydrogen-bond donors (Lipinski definition) is 1. The van der Waals surface area contributed by atoms with E-state index < -0.39 is 0 Å². The van der Waals surface area contributed by atoms with Crippen molar-refractivity contribution in [2.75, 3.05) is 46.6 Å². The SMILES string of the molecule is COCCOCCOC(=O)CCC1CCNCC1. The van der Waals surface area contributed by atoms with Gasteiger partial charge in [-0.3, -0.25) is 4.79 Å². The summed E-state index contributed by atoms with van der Waals surface area (Å²) in [5.41, 5.74) is 0. The van der Waals surface area contributed by atoms with E-state index in [1.807, 2.05) is 0 Å². The molecular formula is C13H25NO4. The Hall–Kier alpha value is -0.650. The Balaban J connectivity index is 1.90. The third-order valence-electron chi connectivity index (χ3n) is 3.14. The maximum atomic E-state index is 11.5. The van der Waals surface area contributed by atoms with Gasteiger partial charge in [-0.15, -0.1) is 0 Å². The van der Waals surface area contributed by atoms with Crippen LogP contribution in [0.15, 0.2) is 0 Å². The topological polar surface area (TPSA) is 56.8 Å². The molecule has 1 aliphatic heterocycles. The number of methoxy groups -OCH3 is 1. The molecule has 18 heavy (non-hydrogen) atoms. The van der Waals surface area contributed by atoms with Crippen molar-refractivity contribution in [3.8, 4) is 0 Å². The Morgan fingerprint density at radius 3 is 2.61 bits per heavy atom. The highest BCUT2D eigenvalue weighted by atomic mass is 16.6. The predicted molar refractivity (Wildman–Crippen MR) is 68.5 cm³/mol. The molecule has 5 heteroatoms. The number of carbonyl (C=O) groups excluding carboxylic acids is 1. The van der Waals surface area contributed by atoms with Crippen molar-refractivity contribution in [3.63, 3.8) is 0 Å². The third kappa shape index (κ3) is 7.63. The lowest BCUT2D eigenvalue weighted by atomic mass is 9.93. The van der Waals surface area contributed by atoms with Gasteiger partial charge in [0.25, 0.3) is 0 Å². The van der Waals surface area contributed by atoms with Crippen LogP contribution < -0.4 is 5.32 Å². The van der Waals surface area contributed by atoms with Gasteiger partial charge in [-0.25, -0.2) is 0 Å². The van der Waals surface area contributed by atoms with Crippen LogP contribution in [-0.4, -0.2) is 52.6 Å². The van der Waals surface area contributed by atoms with Crippen LogP contribution in [0.2, 0.25) is 0 Å². The van der Waals surface area contributed by atoms with E-state index in [4.69, 9.17) is 14.2 Å². The van der Waals surface area contributed by atoms with Gasteiger partial charge in [0.1, 0.15) is 6.61 Å². The highest BCUT2D eigenvalue weighted by Crippen LogP contribution is 2.17. The highest BCUT2D eigenvalue weighted by Gasteiger charge is 2.14. The number of piperidine rings is 1. The second kappa shape index (κ2) is 10.3. The van der Waals surface area contributed by atoms with Crippen molar-refractivity contribution in [2.24, 2.45) is 5.92 Å². The minimum Gasteiger partial charge on any atom is -0.463 e. The molecular weight excluding hydrogens is 234 g/mol. The summed E-state index contributed by atoms with van der Waals surface area (Å²) in [5.74, 6) is 0.570. The molecule has 5 nitrogen and oxygen atoms in total. The lowest BCUT2D eigenvalue weighted by Crippen LogP contribution is -2.28. The summed E-state index contributed by atoms with van der Waals surface area (Å²) in [5, 5.41) is 3.32. The zero-order valence-corrected chi connectivity index (χ0v) is 11.3. The van der Waals surface area contributed by atoms with Crippen molar-refractivity contribution in [1.29, 1.82) is 0 Å². The smallest absolute Gasteiger partial charge is 0.305 e. The lowest BCUT2D eigenvalue weighted by Gasteiger charge is -2.21. The van der Waals surface area contributed by atoms with Crippen LogP contribution in [0.3, 0.4) is 0 Å². The molecule has 0 aromatic heterocycles. The molecule has 0 aromatic rings. The Labute approximate surface area is 109 Å². The maximum Gasteiger partial charge on any atom is 0.305 e. The van der Waals surface area contributed by atoms with Gasteiger partial charge in [0, 0.05) is 13.5 Å². The molecule has 1 aliphatic rings. The van der Waals surface area contributed by atoms with Gasteiger partial charge < -0.3 is 19.5 Å². The van der Waals surface area contributed by atoms with Crippen LogP contribution in [0.1, 0.15) is 25.7 Å². The minimum absolute atomic E-state index is 0.108. The van der Waals surface area contributed by atoms with Crippen molar-refractivity contribution >= 4 is 5.97 Å². The van der Waals surface area contributed by atoms with Crippen molar-refractivity contribution in [1.82, 2.24) is 5.32 Å². The molecule has 0 unspecified atom stereocenters. The van der Waals surface area contributed by atoms with Crippen LogP contribution in [0, 0.1) is 5.92 Å². The third-order valence-corrected chi connectivity index (χ3v) is 3.14. The number of rotatable bonds is 9.